The molecule has 0 saturated heterocycles. The average Bonchev–Trinajstić information content (AvgIpc) is 3.23. The minimum Gasteiger partial charge on any atom is -0.197 e. The molecule has 0 atom stereocenters. The van der Waals surface area contributed by atoms with E-state index < -0.39 is 7.92 Å². The Hall–Kier alpha value is -1.64. The van der Waals surface area contributed by atoms with Crippen molar-refractivity contribution in [2.75, 3.05) is 0 Å². The predicted octanol–water partition coefficient (Wildman–Crippen LogP) is 3.18. The van der Waals surface area contributed by atoms with E-state index in [1.165, 1.54) is 10.6 Å². The van der Waals surface area contributed by atoms with Crippen molar-refractivity contribution in [1.82, 2.24) is 0 Å². The second-order valence-corrected chi connectivity index (χ2v) is 7.21. The van der Waals surface area contributed by atoms with Gasteiger partial charge in [0, 0.05) is 0 Å². The molecule has 1 aliphatic carbocycles. The predicted molar refractivity (Wildman–Crippen MR) is 76.7 cm³/mol. The van der Waals surface area contributed by atoms with E-state index in [-0.39, 0.29) is 5.16 Å². The maximum atomic E-state index is 9.52. The van der Waals surface area contributed by atoms with Crippen LogP contribution < -0.4 is 10.6 Å². The Balaban J connectivity index is 2.09. The van der Waals surface area contributed by atoms with Crippen molar-refractivity contribution in [1.29, 1.82) is 5.26 Å². The average molecular weight is 251 g/mol. The quantitative estimate of drug-likeness (QED) is 0.769. The molecule has 2 aromatic rings. The highest BCUT2D eigenvalue weighted by atomic mass is 31.1. The van der Waals surface area contributed by atoms with Gasteiger partial charge >= 0.3 is 0 Å². The zero-order valence-electron chi connectivity index (χ0n) is 10.1. The van der Waals surface area contributed by atoms with Crippen molar-refractivity contribution in [3.63, 3.8) is 0 Å². The van der Waals surface area contributed by atoms with Gasteiger partial charge in [-0.2, -0.15) is 5.26 Å². The van der Waals surface area contributed by atoms with Gasteiger partial charge in [-0.1, -0.05) is 60.7 Å². The highest BCUT2D eigenvalue weighted by Crippen LogP contribution is 2.62. The fraction of sp³-hybridized carbons (Fsp3) is 0.188. The lowest BCUT2D eigenvalue weighted by Gasteiger charge is -2.23. The molecule has 1 aliphatic rings. The van der Waals surface area contributed by atoms with E-state index >= 15 is 0 Å². The number of hydrogen-bond acceptors (Lipinski definition) is 1. The second kappa shape index (κ2) is 4.56. The van der Waals surface area contributed by atoms with Crippen LogP contribution in [0.25, 0.3) is 0 Å². The van der Waals surface area contributed by atoms with Gasteiger partial charge in [-0.05, 0) is 31.4 Å². The first-order valence-electron chi connectivity index (χ1n) is 6.17. The van der Waals surface area contributed by atoms with Crippen molar-refractivity contribution in [2.24, 2.45) is 0 Å². The van der Waals surface area contributed by atoms with E-state index in [1.54, 1.807) is 0 Å². The molecule has 0 bridgehead atoms. The molecule has 1 fully saturated rings. The SMILES string of the molecule is N#CC1(P(c2ccccc2)c2ccccc2)CC1. The molecule has 0 radical (unpaired) electrons. The summed E-state index contributed by atoms with van der Waals surface area (Å²) < 4.78 is 0. The van der Waals surface area contributed by atoms with E-state index in [0.717, 1.165) is 12.8 Å². The van der Waals surface area contributed by atoms with Crippen LogP contribution in [-0.4, -0.2) is 5.16 Å². The Morgan fingerprint density at radius 2 is 1.28 bits per heavy atom. The zero-order chi connectivity index (χ0) is 12.4. The van der Waals surface area contributed by atoms with Gasteiger partial charge in [-0.25, -0.2) is 0 Å². The summed E-state index contributed by atoms with van der Waals surface area (Å²) in [6, 6.07) is 23.6. The molecule has 0 aromatic heterocycles. The van der Waals surface area contributed by atoms with Crippen LogP contribution in [0.15, 0.2) is 60.7 Å². The first-order valence-corrected chi connectivity index (χ1v) is 7.51. The van der Waals surface area contributed by atoms with Gasteiger partial charge in [0.1, 0.15) is 0 Å². The van der Waals surface area contributed by atoms with Crippen LogP contribution in [0.5, 0.6) is 0 Å². The molecule has 0 N–H and O–H groups in total. The summed E-state index contributed by atoms with van der Waals surface area (Å²) in [5, 5.41) is 12.0. The summed E-state index contributed by atoms with van der Waals surface area (Å²) >= 11 is 0. The molecule has 1 saturated carbocycles. The van der Waals surface area contributed by atoms with Crippen molar-refractivity contribution < 1.29 is 0 Å². The summed E-state index contributed by atoms with van der Waals surface area (Å²) in [6.07, 6.45) is 2.08. The number of nitrogens with zero attached hydrogens (tertiary/aromatic N) is 1. The normalized spacial score (nSPS) is 16.2. The fourth-order valence-corrected chi connectivity index (χ4v) is 5.19. The Labute approximate surface area is 109 Å². The Bertz CT molecular complexity index is 528. The van der Waals surface area contributed by atoms with Crippen molar-refractivity contribution in [2.45, 2.75) is 18.0 Å². The Morgan fingerprint density at radius 3 is 1.61 bits per heavy atom. The first kappa shape index (κ1) is 11.5. The van der Waals surface area contributed by atoms with Crippen LogP contribution >= 0.6 is 7.92 Å². The summed E-state index contributed by atoms with van der Waals surface area (Å²) in [7, 11) is -0.544. The van der Waals surface area contributed by atoms with Crippen LogP contribution in [0.4, 0.5) is 0 Å². The summed E-state index contributed by atoms with van der Waals surface area (Å²) in [4.78, 5) is 0. The topological polar surface area (TPSA) is 23.8 Å². The monoisotopic (exact) mass is 251 g/mol. The largest absolute Gasteiger partial charge is 0.197 e. The molecule has 3 rings (SSSR count). The highest BCUT2D eigenvalue weighted by Gasteiger charge is 2.51. The molecule has 0 heterocycles. The third-order valence-corrected chi connectivity index (χ3v) is 6.42. The Morgan fingerprint density at radius 1 is 0.833 bits per heavy atom. The molecular formula is C16H14NP. The van der Waals surface area contributed by atoms with Crippen molar-refractivity contribution in [3.8, 4) is 6.07 Å². The maximum Gasteiger partial charge on any atom is 0.0853 e. The van der Waals surface area contributed by atoms with Gasteiger partial charge in [0.2, 0.25) is 0 Å². The highest BCUT2D eigenvalue weighted by molar-refractivity contribution is 7.75. The minimum atomic E-state index is -0.544. The molecule has 0 aliphatic heterocycles. The molecular weight excluding hydrogens is 237 g/mol. The van der Waals surface area contributed by atoms with Gasteiger partial charge in [-0.15, -0.1) is 0 Å². The van der Waals surface area contributed by atoms with E-state index in [9.17, 15) is 5.26 Å². The summed E-state index contributed by atoms with van der Waals surface area (Å²) in [5.41, 5.74) is 0. The van der Waals surface area contributed by atoms with Gasteiger partial charge in [0.15, 0.2) is 0 Å². The van der Waals surface area contributed by atoms with Crippen LogP contribution in [0.3, 0.4) is 0 Å². The lowest BCUT2D eigenvalue weighted by molar-refractivity contribution is 1.18. The van der Waals surface area contributed by atoms with E-state index in [0.29, 0.717) is 0 Å². The fourth-order valence-electron chi connectivity index (χ4n) is 2.30. The molecule has 2 aromatic carbocycles. The van der Waals surface area contributed by atoms with E-state index in [2.05, 4.69) is 54.6 Å². The van der Waals surface area contributed by atoms with E-state index in [4.69, 9.17) is 0 Å². The van der Waals surface area contributed by atoms with Gasteiger partial charge < -0.3 is 0 Å². The van der Waals surface area contributed by atoms with Crippen molar-refractivity contribution >= 4 is 18.5 Å². The van der Waals surface area contributed by atoms with Crippen LogP contribution in [-0.2, 0) is 0 Å². The summed E-state index contributed by atoms with van der Waals surface area (Å²) in [5.74, 6) is 0. The third-order valence-electron chi connectivity index (χ3n) is 3.39. The molecule has 0 unspecified atom stereocenters. The minimum absolute atomic E-state index is 0.113. The van der Waals surface area contributed by atoms with Crippen LogP contribution in [0, 0.1) is 11.3 Å². The van der Waals surface area contributed by atoms with Crippen LogP contribution in [0.1, 0.15) is 12.8 Å². The maximum absolute atomic E-state index is 9.52. The van der Waals surface area contributed by atoms with Crippen LogP contribution in [0.2, 0.25) is 0 Å². The summed E-state index contributed by atoms with van der Waals surface area (Å²) in [6.45, 7) is 0. The smallest absolute Gasteiger partial charge is 0.0853 e. The van der Waals surface area contributed by atoms with Gasteiger partial charge in [0.05, 0.1) is 11.2 Å². The number of nitriles is 1. The lowest BCUT2D eigenvalue weighted by atomic mass is 10.4. The van der Waals surface area contributed by atoms with Gasteiger partial charge in [0.25, 0.3) is 0 Å². The van der Waals surface area contributed by atoms with Gasteiger partial charge in [-0.3, -0.25) is 0 Å². The number of rotatable bonds is 3. The molecule has 18 heavy (non-hydrogen) atoms. The molecule has 2 heteroatoms. The van der Waals surface area contributed by atoms with E-state index in [1.807, 2.05) is 12.1 Å². The zero-order valence-corrected chi connectivity index (χ0v) is 11.0. The first-order chi connectivity index (χ1) is 8.86. The molecule has 1 nitrogen and oxygen atoms in total. The molecule has 88 valence electrons. The Kier molecular flexibility index (Phi) is 2.90. The third kappa shape index (κ3) is 1.94. The lowest BCUT2D eigenvalue weighted by Crippen LogP contribution is -2.21. The standard InChI is InChI=1S/C16H14NP/c17-13-16(11-12-16)18(14-7-3-1-4-8-14)15-9-5-2-6-10-15/h1-10H,11-12H2. The number of hydrogen-bond donors (Lipinski definition) is 0. The molecule has 0 spiro atoms. The number of benzene rings is 2. The molecule has 0 amide bonds. The van der Waals surface area contributed by atoms with Crippen molar-refractivity contribution in [3.05, 3.63) is 60.7 Å². The second-order valence-electron chi connectivity index (χ2n) is 4.65.